The molecule has 0 N–H and O–H groups in total. The first-order valence-corrected chi connectivity index (χ1v) is 6.39. The molecule has 0 heterocycles. The Balaban J connectivity index is 2.65. The van der Waals surface area contributed by atoms with Gasteiger partial charge in [0.1, 0.15) is 0 Å². The van der Waals surface area contributed by atoms with Gasteiger partial charge >= 0.3 is 0 Å². The second-order valence-electron chi connectivity index (χ2n) is 4.56. The molecule has 2 rings (SSSR count). The molecule has 0 nitrogen and oxygen atoms in total. The van der Waals surface area contributed by atoms with Crippen molar-refractivity contribution >= 4 is 18.2 Å². The van der Waals surface area contributed by atoms with Crippen LogP contribution in [-0.4, -0.2) is 0 Å². The fourth-order valence-corrected chi connectivity index (χ4v) is 2.53. The van der Waals surface area contributed by atoms with Gasteiger partial charge in [0.25, 0.3) is 0 Å². The summed E-state index contributed by atoms with van der Waals surface area (Å²) in [6, 6.07) is 4.48. The van der Waals surface area contributed by atoms with Gasteiger partial charge in [-0.3, -0.25) is 0 Å². The second-order valence-corrected chi connectivity index (χ2v) is 4.56. The van der Waals surface area contributed by atoms with Crippen molar-refractivity contribution in [2.45, 2.75) is 26.7 Å². The van der Waals surface area contributed by atoms with Gasteiger partial charge in [-0.1, -0.05) is 56.0 Å². The van der Waals surface area contributed by atoms with Crippen molar-refractivity contribution in [2.75, 3.05) is 0 Å². The van der Waals surface area contributed by atoms with E-state index in [1.165, 1.54) is 34.4 Å². The van der Waals surface area contributed by atoms with Crippen molar-refractivity contribution < 1.29 is 0 Å². The van der Waals surface area contributed by atoms with E-state index >= 15 is 0 Å². The van der Waals surface area contributed by atoms with E-state index in [2.05, 4.69) is 56.9 Å². The van der Waals surface area contributed by atoms with Crippen LogP contribution in [0, 0.1) is 5.92 Å². The Kier molecular flexibility index (Phi) is 3.63. The van der Waals surface area contributed by atoms with Gasteiger partial charge in [0.2, 0.25) is 0 Å². The van der Waals surface area contributed by atoms with Crippen LogP contribution in [0.2, 0.25) is 0 Å². The molecule has 0 bridgehead atoms. The van der Waals surface area contributed by atoms with Crippen molar-refractivity contribution in [2.24, 2.45) is 5.92 Å². The van der Waals surface area contributed by atoms with Gasteiger partial charge < -0.3 is 0 Å². The molecule has 0 spiro atoms. The molecule has 1 aliphatic carbocycles. The van der Waals surface area contributed by atoms with E-state index in [0.29, 0.717) is 5.92 Å². The largest absolute Gasteiger partial charge is 0.0990 e. The Hall–Kier alpha value is -1.56. The third kappa shape index (κ3) is 2.26. The lowest BCUT2D eigenvalue weighted by Crippen LogP contribution is -2.29. The fraction of sp³-hybridized carbons (Fsp3) is 0.294. The number of allylic oxidation sites excluding steroid dienone is 2. The summed E-state index contributed by atoms with van der Waals surface area (Å²) in [7, 11) is 0. The third-order valence-electron chi connectivity index (χ3n) is 3.54. The summed E-state index contributed by atoms with van der Waals surface area (Å²) in [5.41, 5.74) is 2.88. The Bertz CT molecular complexity index is 558. The maximum absolute atomic E-state index is 3.78. The third-order valence-corrected chi connectivity index (χ3v) is 3.54. The van der Waals surface area contributed by atoms with Gasteiger partial charge in [0.15, 0.2) is 0 Å². The van der Waals surface area contributed by atoms with Crippen molar-refractivity contribution in [3.8, 4) is 0 Å². The average molecular weight is 224 g/mol. The summed E-state index contributed by atoms with van der Waals surface area (Å²) >= 11 is 0. The zero-order valence-electron chi connectivity index (χ0n) is 10.7. The molecule has 0 saturated heterocycles. The zero-order valence-corrected chi connectivity index (χ0v) is 10.7. The van der Waals surface area contributed by atoms with Gasteiger partial charge in [-0.15, -0.1) is 0 Å². The van der Waals surface area contributed by atoms with Gasteiger partial charge in [0.05, 0.1) is 0 Å². The zero-order chi connectivity index (χ0) is 12.3. The molecule has 17 heavy (non-hydrogen) atoms. The van der Waals surface area contributed by atoms with Crippen molar-refractivity contribution in [3.63, 3.8) is 0 Å². The molecule has 1 aromatic carbocycles. The van der Waals surface area contributed by atoms with Crippen LogP contribution in [0.5, 0.6) is 0 Å². The molecule has 88 valence electrons. The number of rotatable bonds is 2. The molecule has 0 radical (unpaired) electrons. The molecule has 0 aliphatic heterocycles. The second kappa shape index (κ2) is 5.18. The highest BCUT2D eigenvalue weighted by Gasteiger charge is 2.12. The van der Waals surface area contributed by atoms with Gasteiger partial charge in [-0.05, 0) is 47.2 Å². The Labute approximate surface area is 104 Å². The van der Waals surface area contributed by atoms with E-state index < -0.39 is 0 Å². The summed E-state index contributed by atoms with van der Waals surface area (Å²) in [6.45, 7) is 8.14. The highest BCUT2D eigenvalue weighted by molar-refractivity contribution is 5.60. The fourth-order valence-electron chi connectivity index (χ4n) is 2.53. The minimum atomic E-state index is 0.710. The number of benzene rings is 1. The minimum Gasteiger partial charge on any atom is -0.0990 e. The lowest BCUT2D eigenvalue weighted by atomic mass is 9.86. The van der Waals surface area contributed by atoms with Crippen LogP contribution in [-0.2, 0) is 6.42 Å². The predicted molar refractivity (Wildman–Crippen MR) is 77.0 cm³/mol. The van der Waals surface area contributed by atoms with E-state index in [4.69, 9.17) is 0 Å². The molecule has 1 atom stereocenters. The van der Waals surface area contributed by atoms with E-state index in [1.807, 2.05) is 6.08 Å². The first kappa shape index (κ1) is 11.9. The lowest BCUT2D eigenvalue weighted by Gasteiger charge is -2.18. The summed E-state index contributed by atoms with van der Waals surface area (Å²) in [6.07, 6.45) is 13.2. The van der Waals surface area contributed by atoms with Crippen LogP contribution >= 0.6 is 0 Å². The smallest absolute Gasteiger partial charge is 0.0152 e. The molecule has 1 unspecified atom stereocenters. The highest BCUT2D eigenvalue weighted by atomic mass is 14.2. The molecule has 0 saturated carbocycles. The molecular formula is C17H20. The number of fused-ring (bicyclic) bond motifs is 1. The SMILES string of the molecule is C=C/C=c1/ccc2c(/c1=C/C)C=CC(CC)C2. The Morgan fingerprint density at radius 2 is 2.24 bits per heavy atom. The quantitative estimate of drug-likeness (QED) is 0.724. The summed E-state index contributed by atoms with van der Waals surface area (Å²) in [5.74, 6) is 0.710. The predicted octanol–water partition coefficient (Wildman–Crippen LogP) is 3.05. The Morgan fingerprint density at radius 1 is 1.41 bits per heavy atom. The van der Waals surface area contributed by atoms with Crippen LogP contribution in [0.25, 0.3) is 18.2 Å². The normalized spacial score (nSPS) is 20.5. The van der Waals surface area contributed by atoms with Gasteiger partial charge in [-0.2, -0.15) is 0 Å². The van der Waals surface area contributed by atoms with E-state index in [9.17, 15) is 0 Å². The molecular weight excluding hydrogens is 204 g/mol. The van der Waals surface area contributed by atoms with Crippen LogP contribution in [0.15, 0.2) is 30.9 Å². The van der Waals surface area contributed by atoms with Gasteiger partial charge in [0, 0.05) is 0 Å². The van der Waals surface area contributed by atoms with Crippen molar-refractivity contribution in [1.29, 1.82) is 0 Å². The highest BCUT2D eigenvalue weighted by Crippen LogP contribution is 2.21. The molecule has 0 heteroatoms. The van der Waals surface area contributed by atoms with Crippen LogP contribution < -0.4 is 10.4 Å². The van der Waals surface area contributed by atoms with Gasteiger partial charge in [-0.25, -0.2) is 0 Å². The van der Waals surface area contributed by atoms with Crippen LogP contribution in [0.1, 0.15) is 31.4 Å². The molecule has 0 fully saturated rings. The standard InChI is InChI=1S/C17H20/c1-4-7-14-9-10-15-12-13(5-2)8-11-17(15)16(14)6-3/h4,6-11,13H,1,5,12H2,2-3H3/b14-7-,16-6+. The Morgan fingerprint density at radius 3 is 2.88 bits per heavy atom. The summed E-state index contributed by atoms with van der Waals surface area (Å²) < 4.78 is 0. The first-order chi connectivity index (χ1) is 8.30. The van der Waals surface area contributed by atoms with Crippen molar-refractivity contribution in [3.05, 3.63) is 52.4 Å². The van der Waals surface area contributed by atoms with E-state index in [0.717, 1.165) is 0 Å². The monoisotopic (exact) mass is 224 g/mol. The minimum absolute atomic E-state index is 0.710. The number of hydrogen-bond donors (Lipinski definition) is 0. The maximum atomic E-state index is 3.78. The molecule has 0 amide bonds. The van der Waals surface area contributed by atoms with Crippen LogP contribution in [0.4, 0.5) is 0 Å². The maximum Gasteiger partial charge on any atom is -0.0152 e. The summed E-state index contributed by atoms with van der Waals surface area (Å²) in [5, 5.41) is 2.61. The summed E-state index contributed by atoms with van der Waals surface area (Å²) in [4.78, 5) is 0. The van der Waals surface area contributed by atoms with Crippen molar-refractivity contribution in [1.82, 2.24) is 0 Å². The molecule has 1 aliphatic rings. The average Bonchev–Trinajstić information content (AvgIpc) is 2.38. The topological polar surface area (TPSA) is 0 Å². The molecule has 0 aromatic heterocycles. The number of hydrogen-bond acceptors (Lipinski definition) is 0. The van der Waals surface area contributed by atoms with E-state index in [-0.39, 0.29) is 0 Å². The van der Waals surface area contributed by atoms with Crippen LogP contribution in [0.3, 0.4) is 0 Å². The van der Waals surface area contributed by atoms with E-state index in [1.54, 1.807) is 0 Å². The lowest BCUT2D eigenvalue weighted by molar-refractivity contribution is 0.620. The molecule has 1 aromatic rings. The first-order valence-electron chi connectivity index (χ1n) is 6.39.